The van der Waals surface area contributed by atoms with E-state index in [1.807, 2.05) is 83.1 Å². The molecule has 4 unspecified atom stereocenters. The van der Waals surface area contributed by atoms with Crippen molar-refractivity contribution < 1.29 is 46.5 Å². The summed E-state index contributed by atoms with van der Waals surface area (Å²) in [6.45, 7) is 42.3. The van der Waals surface area contributed by atoms with E-state index in [1.165, 1.54) is 0 Å². The number of hydrogen-bond donors (Lipinski definition) is 2. The molecule has 0 fully saturated rings. The number of nitrogens with zero attached hydrogens (tertiary/aromatic N) is 2. The Bertz CT molecular complexity index is 1210. The average Bonchev–Trinajstić information content (AvgIpc) is 3.01. The molecule has 0 aliphatic carbocycles. The van der Waals surface area contributed by atoms with Crippen molar-refractivity contribution in [3.05, 3.63) is 25.3 Å². The highest BCUT2D eigenvalue weighted by atomic mass is 35.5. The van der Waals surface area contributed by atoms with Gasteiger partial charge in [-0.25, -0.2) is 0 Å². The van der Waals surface area contributed by atoms with E-state index in [0.29, 0.717) is 13.1 Å². The third kappa shape index (κ3) is 21.5. The van der Waals surface area contributed by atoms with Crippen LogP contribution in [0.2, 0.25) is 0 Å². The van der Waals surface area contributed by atoms with Gasteiger partial charge in [-0.05, 0) is 106 Å². The minimum atomic E-state index is -3.56. The van der Waals surface area contributed by atoms with Crippen molar-refractivity contribution in [3.63, 3.8) is 0 Å². The summed E-state index contributed by atoms with van der Waals surface area (Å²) in [5.41, 5.74) is 2.76. The second-order valence-corrected chi connectivity index (χ2v) is 21.1. The second-order valence-electron chi connectivity index (χ2n) is 16.6. The SMILES string of the molecule is C=CCN.C=CCNC(=O)C(C)ON(C(C(C)(C)C)P(=O)(OCC)OCC)C(C)(C)C.CCOP(=O)(OCC)C(N(OC(C)C(=O)Cl)C(C)(C)C)C(C)(C)C. The number of carbonyl (C=O) groups excluding carboxylic acids is 2. The molecule has 0 aliphatic rings. The van der Waals surface area contributed by atoms with E-state index >= 15 is 0 Å². The van der Waals surface area contributed by atoms with Gasteiger partial charge in [0.2, 0.25) is 0 Å². The van der Waals surface area contributed by atoms with Gasteiger partial charge in [-0.1, -0.05) is 53.7 Å². The van der Waals surface area contributed by atoms with Crippen molar-refractivity contribution in [1.29, 1.82) is 0 Å². The zero-order valence-corrected chi connectivity index (χ0v) is 40.0. The van der Waals surface area contributed by atoms with E-state index in [2.05, 4.69) is 18.5 Å². The summed E-state index contributed by atoms with van der Waals surface area (Å²) in [4.78, 5) is 35.6. The number of nitrogens with two attached hydrogens (primary N) is 1. The maximum atomic E-state index is 13.7. The van der Waals surface area contributed by atoms with Crippen LogP contribution in [-0.2, 0) is 46.5 Å². The van der Waals surface area contributed by atoms with Crippen molar-refractivity contribution in [2.24, 2.45) is 16.6 Å². The first-order valence-electron chi connectivity index (χ1n) is 18.9. The minimum absolute atomic E-state index is 0.242. The van der Waals surface area contributed by atoms with Gasteiger partial charge in [0.25, 0.3) is 11.1 Å². The van der Waals surface area contributed by atoms with Crippen LogP contribution in [0.25, 0.3) is 0 Å². The van der Waals surface area contributed by atoms with Gasteiger partial charge >= 0.3 is 15.2 Å². The van der Waals surface area contributed by atoms with Crippen LogP contribution in [-0.4, -0.2) is 95.6 Å². The zero-order valence-electron chi connectivity index (χ0n) is 37.4. The van der Waals surface area contributed by atoms with E-state index in [0.717, 1.165) is 0 Å². The van der Waals surface area contributed by atoms with Gasteiger partial charge < -0.3 is 29.1 Å². The Labute approximate surface area is 339 Å². The van der Waals surface area contributed by atoms with Gasteiger partial charge in [-0.15, -0.1) is 13.2 Å². The number of halogens is 1. The van der Waals surface area contributed by atoms with Crippen LogP contribution in [0.4, 0.5) is 0 Å². The Kier molecular flexibility index (Phi) is 27.8. The van der Waals surface area contributed by atoms with E-state index in [9.17, 15) is 18.7 Å². The first kappa shape index (κ1) is 58.3. The van der Waals surface area contributed by atoms with Gasteiger partial charge in [0, 0.05) is 24.2 Å². The molecular formula is C38H79ClN4O10P2. The molecule has 17 heteroatoms. The van der Waals surface area contributed by atoms with Crippen molar-refractivity contribution in [2.75, 3.05) is 39.5 Å². The summed E-state index contributed by atoms with van der Waals surface area (Å²) in [5.74, 6) is -1.71. The normalized spacial score (nSPS) is 15.2. The molecule has 328 valence electrons. The molecule has 0 saturated carbocycles. The standard InChI is InChI=1S/C19H39N2O5P.C16H33ClNO5P.C3H7N/c1-11-14-20-16(22)15(4)26-21(19(8,9)10)17(18(5,6)7)27(23,24-12-2)25-13-3;1-10-21-24(20,22-11-2)14(15(4,5)6)18(16(7,8)9)23-12(3)13(17)19;1-2-3-4/h11,15,17H,1,12-14H2,2-10H3,(H,20,22);12,14H,10-11H2,1-9H3;2H,1,3-4H2. The Morgan fingerprint density at radius 3 is 1.16 bits per heavy atom. The highest BCUT2D eigenvalue weighted by Crippen LogP contribution is 2.62. The molecule has 0 aromatic rings. The quantitative estimate of drug-likeness (QED) is 0.0486. The number of rotatable bonds is 21. The minimum Gasteiger partial charge on any atom is -0.350 e. The number of hydroxylamine groups is 4. The summed E-state index contributed by atoms with van der Waals surface area (Å²) in [7, 11) is -7.10. The molecule has 0 heterocycles. The molecular weight excluding hydrogens is 770 g/mol. The Hall–Kier alpha value is -0.990. The highest BCUT2D eigenvalue weighted by molar-refractivity contribution is 7.55. The first-order chi connectivity index (χ1) is 24.9. The summed E-state index contributed by atoms with van der Waals surface area (Å²) in [6.07, 6.45) is 1.58. The van der Waals surface area contributed by atoms with Gasteiger partial charge in [-0.3, -0.25) is 28.4 Å². The van der Waals surface area contributed by atoms with Crippen LogP contribution in [0.3, 0.4) is 0 Å². The summed E-state index contributed by atoms with van der Waals surface area (Å²) >= 11 is 5.56. The second kappa shape index (κ2) is 26.2. The van der Waals surface area contributed by atoms with Crippen molar-refractivity contribution in [3.8, 4) is 0 Å². The lowest BCUT2D eigenvalue weighted by atomic mass is 9.94. The highest BCUT2D eigenvalue weighted by Gasteiger charge is 2.53. The van der Waals surface area contributed by atoms with Crippen molar-refractivity contribution in [1.82, 2.24) is 15.4 Å². The summed E-state index contributed by atoms with van der Waals surface area (Å²) in [5, 5.41) is 5.24. The van der Waals surface area contributed by atoms with Gasteiger partial charge in [0.05, 0.1) is 26.4 Å². The van der Waals surface area contributed by atoms with Gasteiger partial charge in [0.1, 0.15) is 11.6 Å². The van der Waals surface area contributed by atoms with Crippen LogP contribution in [0.1, 0.15) is 125 Å². The van der Waals surface area contributed by atoms with E-state index in [4.69, 9.17) is 45.1 Å². The average molecular weight is 849 g/mol. The molecule has 0 aromatic heterocycles. The van der Waals surface area contributed by atoms with Crippen LogP contribution in [0.5, 0.6) is 0 Å². The molecule has 1 amide bonds. The monoisotopic (exact) mass is 848 g/mol. The number of nitrogens with one attached hydrogen (secondary N) is 1. The molecule has 4 atom stereocenters. The summed E-state index contributed by atoms with van der Waals surface area (Å²) < 4.78 is 49.6. The lowest BCUT2D eigenvalue weighted by Gasteiger charge is -2.48. The zero-order chi connectivity index (χ0) is 44.2. The van der Waals surface area contributed by atoms with Gasteiger partial charge in [0.15, 0.2) is 12.2 Å². The third-order valence-electron chi connectivity index (χ3n) is 6.97. The van der Waals surface area contributed by atoms with E-state index in [1.54, 1.807) is 63.8 Å². The van der Waals surface area contributed by atoms with Crippen molar-refractivity contribution in [2.45, 2.75) is 159 Å². The maximum Gasteiger partial charge on any atom is 0.350 e. The van der Waals surface area contributed by atoms with Crippen LogP contribution in [0, 0.1) is 10.8 Å². The predicted octanol–water partition coefficient (Wildman–Crippen LogP) is 9.29. The van der Waals surface area contributed by atoms with Crippen LogP contribution >= 0.6 is 26.8 Å². The Morgan fingerprint density at radius 1 is 0.673 bits per heavy atom. The fraction of sp³-hybridized carbons (Fsp3) is 0.842. The third-order valence-corrected chi connectivity index (χ3v) is 12.9. The van der Waals surface area contributed by atoms with E-state index in [-0.39, 0.29) is 32.3 Å². The first-order valence-corrected chi connectivity index (χ1v) is 22.5. The van der Waals surface area contributed by atoms with Gasteiger partial charge in [-0.2, -0.15) is 10.1 Å². The topological polar surface area (TPSA) is 168 Å². The number of amides is 1. The lowest BCUT2D eigenvalue weighted by molar-refractivity contribution is -0.257. The molecule has 3 N–H and O–H groups in total. The fourth-order valence-corrected chi connectivity index (χ4v) is 10.3. The van der Waals surface area contributed by atoms with Crippen LogP contribution < -0.4 is 11.1 Å². The molecule has 0 rings (SSSR count). The molecule has 14 nitrogen and oxygen atoms in total. The molecule has 0 radical (unpaired) electrons. The van der Waals surface area contributed by atoms with Crippen LogP contribution in [0.15, 0.2) is 25.3 Å². The largest absolute Gasteiger partial charge is 0.350 e. The summed E-state index contributed by atoms with van der Waals surface area (Å²) in [6, 6.07) is 0. The Balaban J connectivity index is -0.000000899. The molecule has 0 aliphatic heterocycles. The van der Waals surface area contributed by atoms with Crippen molar-refractivity contribution >= 4 is 37.9 Å². The molecule has 55 heavy (non-hydrogen) atoms. The number of hydrogen-bond acceptors (Lipinski definition) is 13. The molecule has 0 saturated heterocycles. The smallest absolute Gasteiger partial charge is 0.350 e. The molecule has 0 bridgehead atoms. The fourth-order valence-electron chi connectivity index (χ4n) is 4.90. The predicted molar refractivity (Wildman–Crippen MR) is 226 cm³/mol. The van der Waals surface area contributed by atoms with E-state index < -0.39 is 66.1 Å². The maximum absolute atomic E-state index is 13.7. The molecule has 0 aromatic carbocycles. The molecule has 0 spiro atoms. The lowest BCUT2D eigenvalue weighted by Crippen LogP contribution is -2.55. The Morgan fingerprint density at radius 2 is 0.964 bits per heavy atom. The number of carbonyl (C=O) groups is 2.